The molecule has 0 radical (unpaired) electrons. The third-order valence-corrected chi connectivity index (χ3v) is 6.31. The molecule has 2 aliphatic heterocycles. The molecule has 3 amide bonds. The van der Waals surface area contributed by atoms with Crippen LogP contribution in [0.3, 0.4) is 0 Å². The smallest absolute Gasteiger partial charge is 0.270 e. The van der Waals surface area contributed by atoms with E-state index in [1.165, 1.54) is 0 Å². The summed E-state index contributed by atoms with van der Waals surface area (Å²) in [4.78, 5) is 55.3. The van der Waals surface area contributed by atoms with E-state index in [-0.39, 0.29) is 35.8 Å². The Bertz CT molecular complexity index is 981. The van der Waals surface area contributed by atoms with Gasteiger partial charge in [0.1, 0.15) is 11.7 Å². The Hall–Kier alpha value is -3.16. The molecule has 3 heterocycles. The van der Waals surface area contributed by atoms with Gasteiger partial charge in [-0.2, -0.15) is 0 Å². The lowest BCUT2D eigenvalue weighted by atomic mass is 9.94. The fourth-order valence-corrected chi connectivity index (χ4v) is 4.57. The van der Waals surface area contributed by atoms with Crippen molar-refractivity contribution in [3.63, 3.8) is 0 Å². The van der Waals surface area contributed by atoms with Crippen molar-refractivity contribution in [3.8, 4) is 0 Å². The summed E-state index contributed by atoms with van der Waals surface area (Å²) < 4.78 is 0. The first kappa shape index (κ1) is 21.1. The summed E-state index contributed by atoms with van der Waals surface area (Å²) in [5.74, 6) is -0.984. The topological polar surface area (TPSA) is 111 Å². The SMILES string of the molecule is CCC(=O)[C@H](C[C@@H]1CCNC1=O)NC(=O)[C@@H]1CCCN1C(=O)c1cc2ccccc2[nH]1. The van der Waals surface area contributed by atoms with Crippen molar-refractivity contribution in [2.24, 2.45) is 5.92 Å². The Kier molecular flexibility index (Phi) is 6.06. The number of ketones is 1. The molecule has 31 heavy (non-hydrogen) atoms. The zero-order valence-electron chi connectivity index (χ0n) is 17.6. The lowest BCUT2D eigenvalue weighted by Crippen LogP contribution is -2.51. The maximum atomic E-state index is 13.1. The van der Waals surface area contributed by atoms with E-state index in [4.69, 9.17) is 0 Å². The second-order valence-electron chi connectivity index (χ2n) is 8.32. The van der Waals surface area contributed by atoms with Gasteiger partial charge < -0.3 is 20.5 Å². The normalized spacial score (nSPS) is 21.8. The average Bonchev–Trinajstić information content (AvgIpc) is 3.51. The highest BCUT2D eigenvalue weighted by Crippen LogP contribution is 2.23. The number of carbonyl (C=O) groups is 4. The fraction of sp³-hybridized carbons (Fsp3) is 0.478. The highest BCUT2D eigenvalue weighted by molar-refractivity contribution is 6.01. The number of hydrogen-bond acceptors (Lipinski definition) is 4. The zero-order chi connectivity index (χ0) is 22.0. The second-order valence-corrected chi connectivity index (χ2v) is 8.32. The number of nitrogens with one attached hydrogen (secondary N) is 3. The second kappa shape index (κ2) is 8.91. The molecule has 1 aromatic heterocycles. The predicted molar refractivity (Wildman–Crippen MR) is 115 cm³/mol. The number of Topliss-reactive ketones (excluding diaryl/α,β-unsaturated/α-hetero) is 1. The van der Waals surface area contributed by atoms with Crippen LogP contribution in [0.4, 0.5) is 0 Å². The molecule has 8 nitrogen and oxygen atoms in total. The molecular formula is C23H28N4O4. The Labute approximate surface area is 180 Å². The molecule has 164 valence electrons. The van der Waals surface area contributed by atoms with Crippen LogP contribution in [-0.2, 0) is 14.4 Å². The molecule has 4 rings (SSSR count). The van der Waals surface area contributed by atoms with E-state index in [0.717, 1.165) is 17.3 Å². The van der Waals surface area contributed by atoms with Gasteiger partial charge in [0.05, 0.1) is 6.04 Å². The minimum atomic E-state index is -0.711. The summed E-state index contributed by atoms with van der Waals surface area (Å²) in [5, 5.41) is 6.56. The number of para-hydroxylation sites is 1. The molecule has 1 aromatic carbocycles. The monoisotopic (exact) mass is 424 g/mol. The molecule has 8 heteroatoms. The highest BCUT2D eigenvalue weighted by Gasteiger charge is 2.37. The Morgan fingerprint density at radius 3 is 2.74 bits per heavy atom. The molecule has 2 fully saturated rings. The Morgan fingerprint density at radius 1 is 1.23 bits per heavy atom. The summed E-state index contributed by atoms with van der Waals surface area (Å²) in [5.41, 5.74) is 1.32. The number of aromatic amines is 1. The molecule has 3 N–H and O–H groups in total. The lowest BCUT2D eigenvalue weighted by molar-refractivity contribution is -0.131. The van der Waals surface area contributed by atoms with Crippen LogP contribution in [0.15, 0.2) is 30.3 Å². The first-order valence-corrected chi connectivity index (χ1v) is 11.0. The molecule has 3 atom stereocenters. The van der Waals surface area contributed by atoms with Crippen molar-refractivity contribution in [2.75, 3.05) is 13.1 Å². The van der Waals surface area contributed by atoms with Crippen molar-refractivity contribution in [2.45, 2.75) is 51.1 Å². The van der Waals surface area contributed by atoms with Gasteiger partial charge in [-0.3, -0.25) is 19.2 Å². The number of benzene rings is 1. The summed E-state index contributed by atoms with van der Waals surface area (Å²) in [6.45, 7) is 2.83. The average molecular weight is 425 g/mol. The largest absolute Gasteiger partial charge is 0.356 e. The van der Waals surface area contributed by atoms with Crippen LogP contribution in [0.1, 0.15) is 49.5 Å². The molecule has 0 bridgehead atoms. The van der Waals surface area contributed by atoms with Crippen LogP contribution >= 0.6 is 0 Å². The molecule has 0 saturated carbocycles. The molecule has 2 aromatic rings. The van der Waals surface area contributed by atoms with Crippen LogP contribution in [0.5, 0.6) is 0 Å². The Balaban J connectivity index is 1.47. The minimum Gasteiger partial charge on any atom is -0.356 e. The van der Waals surface area contributed by atoms with Crippen molar-refractivity contribution in [3.05, 3.63) is 36.0 Å². The van der Waals surface area contributed by atoms with Crippen LogP contribution in [0, 0.1) is 5.92 Å². The van der Waals surface area contributed by atoms with Crippen molar-refractivity contribution >= 4 is 34.4 Å². The summed E-state index contributed by atoms with van der Waals surface area (Å²) in [6.07, 6.45) is 2.52. The molecule has 2 saturated heterocycles. The number of rotatable bonds is 7. The van der Waals surface area contributed by atoms with Crippen LogP contribution in [-0.4, -0.2) is 58.6 Å². The number of likely N-dealkylation sites (tertiary alicyclic amines) is 1. The van der Waals surface area contributed by atoms with Crippen molar-refractivity contribution < 1.29 is 19.2 Å². The minimum absolute atomic E-state index is 0.0698. The van der Waals surface area contributed by atoms with E-state index < -0.39 is 12.1 Å². The maximum absolute atomic E-state index is 13.1. The lowest BCUT2D eigenvalue weighted by Gasteiger charge is -2.26. The van der Waals surface area contributed by atoms with Gasteiger partial charge in [0.25, 0.3) is 5.91 Å². The number of hydrogen-bond donors (Lipinski definition) is 3. The quantitative estimate of drug-likeness (QED) is 0.629. The summed E-state index contributed by atoms with van der Waals surface area (Å²) in [6, 6.07) is 8.10. The van der Waals surface area contributed by atoms with E-state index in [1.807, 2.05) is 24.3 Å². The van der Waals surface area contributed by atoms with Gasteiger partial charge in [0, 0.05) is 36.3 Å². The van der Waals surface area contributed by atoms with E-state index >= 15 is 0 Å². The van der Waals surface area contributed by atoms with Crippen LogP contribution < -0.4 is 10.6 Å². The van der Waals surface area contributed by atoms with Gasteiger partial charge in [-0.15, -0.1) is 0 Å². The standard InChI is InChI=1S/C23H28N4O4/c1-2-20(28)17(13-15-9-10-24-21(15)29)26-22(30)19-8-5-11-27(19)23(31)18-12-14-6-3-4-7-16(14)25-18/h3-4,6-7,12,15,17,19,25H,2,5,8-11,13H2,1H3,(H,24,29)(H,26,30)/t15-,17-,19-/m0/s1. The summed E-state index contributed by atoms with van der Waals surface area (Å²) >= 11 is 0. The van der Waals surface area contributed by atoms with Gasteiger partial charge in [-0.1, -0.05) is 25.1 Å². The third-order valence-electron chi connectivity index (χ3n) is 6.31. The van der Waals surface area contributed by atoms with Gasteiger partial charge >= 0.3 is 0 Å². The maximum Gasteiger partial charge on any atom is 0.270 e. The molecular weight excluding hydrogens is 396 g/mol. The van der Waals surface area contributed by atoms with Gasteiger partial charge in [0.15, 0.2) is 5.78 Å². The number of carbonyl (C=O) groups excluding carboxylic acids is 4. The molecule has 0 spiro atoms. The summed E-state index contributed by atoms with van der Waals surface area (Å²) in [7, 11) is 0. The van der Waals surface area contributed by atoms with Crippen LogP contribution in [0.2, 0.25) is 0 Å². The first-order valence-electron chi connectivity index (χ1n) is 11.0. The number of H-pyrrole nitrogens is 1. The van der Waals surface area contributed by atoms with Crippen molar-refractivity contribution in [1.29, 1.82) is 0 Å². The van der Waals surface area contributed by atoms with E-state index in [9.17, 15) is 19.2 Å². The number of aromatic nitrogens is 1. The van der Waals surface area contributed by atoms with E-state index in [1.54, 1.807) is 17.9 Å². The third kappa shape index (κ3) is 4.33. The molecule has 2 aliphatic rings. The van der Waals surface area contributed by atoms with E-state index in [0.29, 0.717) is 38.0 Å². The molecule has 0 unspecified atom stereocenters. The predicted octanol–water partition coefficient (Wildman–Crippen LogP) is 1.76. The molecule has 0 aliphatic carbocycles. The number of amides is 3. The van der Waals surface area contributed by atoms with Crippen LogP contribution in [0.25, 0.3) is 10.9 Å². The zero-order valence-corrected chi connectivity index (χ0v) is 17.6. The highest BCUT2D eigenvalue weighted by atomic mass is 16.2. The fourth-order valence-electron chi connectivity index (χ4n) is 4.57. The van der Waals surface area contributed by atoms with Gasteiger partial charge in [-0.25, -0.2) is 0 Å². The van der Waals surface area contributed by atoms with Gasteiger partial charge in [0.2, 0.25) is 11.8 Å². The number of nitrogens with zero attached hydrogens (tertiary/aromatic N) is 1. The first-order chi connectivity index (χ1) is 15.0. The Morgan fingerprint density at radius 2 is 2.03 bits per heavy atom. The van der Waals surface area contributed by atoms with E-state index in [2.05, 4.69) is 15.6 Å². The number of fused-ring (bicyclic) bond motifs is 1. The van der Waals surface area contributed by atoms with Gasteiger partial charge in [-0.05, 0) is 37.8 Å². The van der Waals surface area contributed by atoms with Crippen molar-refractivity contribution in [1.82, 2.24) is 20.5 Å².